The van der Waals surface area contributed by atoms with Crippen LogP contribution in [0.15, 0.2) is 54.7 Å². The van der Waals surface area contributed by atoms with Crippen molar-refractivity contribution in [3.05, 3.63) is 60.4 Å². The van der Waals surface area contributed by atoms with Gasteiger partial charge in [0.15, 0.2) is 0 Å². The molecule has 1 N–H and O–H groups in total. The van der Waals surface area contributed by atoms with Crippen LogP contribution in [0.5, 0.6) is 0 Å². The minimum absolute atomic E-state index is 0.00558. The van der Waals surface area contributed by atoms with Crippen LogP contribution in [0.3, 0.4) is 0 Å². The maximum absolute atomic E-state index is 13.0. The number of anilines is 1. The number of carbonyl (C=O) groups excluding carboxylic acids is 2. The van der Waals surface area contributed by atoms with E-state index in [1.54, 1.807) is 11.1 Å². The van der Waals surface area contributed by atoms with E-state index in [9.17, 15) is 9.59 Å². The number of nitrogens with zero attached hydrogens (tertiary/aromatic N) is 3. The maximum atomic E-state index is 13.0. The summed E-state index contributed by atoms with van der Waals surface area (Å²) in [6.45, 7) is 1.62. The fraction of sp³-hybridized carbons (Fsp3) is 0.458. The number of carbonyl (C=O) groups is 2. The molecule has 1 aromatic carbocycles. The average molecular weight is 407 g/mol. The zero-order valence-corrected chi connectivity index (χ0v) is 17.4. The van der Waals surface area contributed by atoms with Crippen molar-refractivity contribution in [1.82, 2.24) is 14.8 Å². The molecule has 1 aromatic heterocycles. The summed E-state index contributed by atoms with van der Waals surface area (Å²) in [5.41, 5.74) is 1.60. The highest BCUT2D eigenvalue weighted by atomic mass is 16.2. The lowest BCUT2D eigenvalue weighted by atomic mass is 9.86. The molecular weight excluding hydrogens is 376 g/mol. The Bertz CT molecular complexity index is 831. The van der Waals surface area contributed by atoms with Gasteiger partial charge in [-0.1, -0.05) is 43.5 Å². The molecule has 6 heteroatoms. The number of para-hydroxylation sites is 1. The molecule has 1 saturated carbocycles. The number of amides is 3. The van der Waals surface area contributed by atoms with Crippen molar-refractivity contribution < 1.29 is 9.59 Å². The average Bonchev–Trinajstić information content (AvgIpc) is 2.74. The third-order valence-corrected chi connectivity index (χ3v) is 6.19. The Morgan fingerprint density at radius 1 is 1.00 bits per heavy atom. The second kappa shape index (κ2) is 9.74. The van der Waals surface area contributed by atoms with Crippen molar-refractivity contribution in [3.8, 4) is 0 Å². The van der Waals surface area contributed by atoms with Crippen LogP contribution in [0.2, 0.25) is 0 Å². The number of benzene rings is 1. The molecule has 1 saturated heterocycles. The summed E-state index contributed by atoms with van der Waals surface area (Å²) in [6.07, 6.45) is 8.54. The summed E-state index contributed by atoms with van der Waals surface area (Å²) in [5.74, 6) is 0.774. The molecule has 30 heavy (non-hydrogen) atoms. The Labute approximate surface area is 178 Å². The van der Waals surface area contributed by atoms with Gasteiger partial charge >= 0.3 is 6.03 Å². The summed E-state index contributed by atoms with van der Waals surface area (Å²) >= 11 is 0. The predicted octanol–water partition coefficient (Wildman–Crippen LogP) is 4.30. The van der Waals surface area contributed by atoms with E-state index >= 15 is 0 Å². The molecule has 1 aliphatic carbocycles. The van der Waals surface area contributed by atoms with Crippen LogP contribution >= 0.6 is 0 Å². The van der Waals surface area contributed by atoms with Gasteiger partial charge in [0, 0.05) is 31.4 Å². The van der Waals surface area contributed by atoms with Crippen LogP contribution in [0.1, 0.15) is 44.2 Å². The van der Waals surface area contributed by atoms with E-state index < -0.39 is 0 Å². The Morgan fingerprint density at radius 3 is 2.43 bits per heavy atom. The fourth-order valence-corrected chi connectivity index (χ4v) is 4.37. The summed E-state index contributed by atoms with van der Waals surface area (Å²) in [5, 5.41) is 2.98. The molecule has 158 valence electrons. The highest BCUT2D eigenvalue weighted by Crippen LogP contribution is 2.28. The molecular formula is C24H30N4O2. The van der Waals surface area contributed by atoms with Crippen molar-refractivity contribution in [2.45, 2.75) is 51.1 Å². The number of nitrogens with one attached hydrogen (secondary N) is 1. The van der Waals surface area contributed by atoms with Gasteiger partial charge in [-0.25, -0.2) is 4.79 Å². The maximum Gasteiger partial charge on any atom is 0.322 e. The minimum Gasteiger partial charge on any atom is -0.338 e. The highest BCUT2D eigenvalue weighted by Gasteiger charge is 2.37. The number of aromatic nitrogens is 1. The van der Waals surface area contributed by atoms with E-state index in [0.717, 1.165) is 11.4 Å². The molecule has 2 heterocycles. The first-order valence-electron chi connectivity index (χ1n) is 11.0. The number of hydrogen-bond acceptors (Lipinski definition) is 3. The van der Waals surface area contributed by atoms with Crippen LogP contribution in [0.25, 0.3) is 0 Å². The third-order valence-electron chi connectivity index (χ3n) is 6.19. The molecule has 0 atom stereocenters. The smallest absolute Gasteiger partial charge is 0.322 e. The van der Waals surface area contributed by atoms with Crippen molar-refractivity contribution in [2.24, 2.45) is 5.92 Å². The molecule has 1 aliphatic heterocycles. The quantitative estimate of drug-likeness (QED) is 0.778. The van der Waals surface area contributed by atoms with Crippen LogP contribution in [-0.2, 0) is 11.3 Å². The molecule has 4 rings (SSSR count). The lowest BCUT2D eigenvalue weighted by Gasteiger charge is -2.45. The lowest BCUT2D eigenvalue weighted by molar-refractivity contribution is -0.139. The Kier molecular flexibility index (Phi) is 6.62. The monoisotopic (exact) mass is 406 g/mol. The molecule has 2 aliphatic rings. The third kappa shape index (κ3) is 5.17. The molecule has 0 radical (unpaired) electrons. The van der Waals surface area contributed by atoms with Crippen LogP contribution in [0.4, 0.5) is 10.5 Å². The number of hydrogen-bond donors (Lipinski definition) is 1. The molecule has 6 nitrogen and oxygen atoms in total. The normalized spacial score (nSPS) is 17.3. The van der Waals surface area contributed by atoms with E-state index in [4.69, 9.17) is 0 Å². The van der Waals surface area contributed by atoms with Gasteiger partial charge in [0.2, 0.25) is 5.91 Å². The fourth-order valence-electron chi connectivity index (χ4n) is 4.37. The number of urea groups is 1. The van der Waals surface area contributed by atoms with Gasteiger partial charge in [0.25, 0.3) is 0 Å². The zero-order chi connectivity index (χ0) is 20.8. The van der Waals surface area contributed by atoms with Gasteiger partial charge in [0.05, 0.1) is 18.3 Å². The Morgan fingerprint density at radius 2 is 1.73 bits per heavy atom. The van der Waals surface area contributed by atoms with Gasteiger partial charge in [-0.2, -0.15) is 0 Å². The van der Waals surface area contributed by atoms with Gasteiger partial charge in [0.1, 0.15) is 0 Å². The minimum atomic E-state index is -0.156. The summed E-state index contributed by atoms with van der Waals surface area (Å²) in [4.78, 5) is 33.8. The first kappa shape index (κ1) is 20.4. The highest BCUT2D eigenvalue weighted by molar-refractivity contribution is 5.89. The van der Waals surface area contributed by atoms with E-state index in [2.05, 4.69) is 10.3 Å². The SMILES string of the molecule is O=C(CC1CCCCC1)N1CC(N(Cc2ccccn2)C(=O)Nc2ccccc2)C1. The Hall–Kier alpha value is -2.89. The van der Waals surface area contributed by atoms with Gasteiger partial charge < -0.3 is 15.1 Å². The first-order valence-corrected chi connectivity index (χ1v) is 11.0. The Balaban J connectivity index is 1.37. The molecule has 0 bridgehead atoms. The van der Waals surface area contributed by atoms with Crippen LogP contribution in [0, 0.1) is 5.92 Å². The summed E-state index contributed by atoms with van der Waals surface area (Å²) in [6, 6.07) is 15.0. The molecule has 3 amide bonds. The zero-order valence-electron chi connectivity index (χ0n) is 17.4. The second-order valence-corrected chi connectivity index (χ2v) is 8.41. The van der Waals surface area contributed by atoms with Crippen LogP contribution < -0.4 is 5.32 Å². The van der Waals surface area contributed by atoms with E-state index in [1.165, 1.54) is 32.1 Å². The second-order valence-electron chi connectivity index (χ2n) is 8.41. The van der Waals surface area contributed by atoms with Crippen molar-refractivity contribution in [2.75, 3.05) is 18.4 Å². The van der Waals surface area contributed by atoms with Gasteiger partial charge in [-0.15, -0.1) is 0 Å². The van der Waals surface area contributed by atoms with E-state index in [-0.39, 0.29) is 18.0 Å². The van der Waals surface area contributed by atoms with Gasteiger partial charge in [-0.3, -0.25) is 9.78 Å². The van der Waals surface area contributed by atoms with Crippen molar-refractivity contribution >= 4 is 17.6 Å². The lowest BCUT2D eigenvalue weighted by Crippen LogP contribution is -2.62. The van der Waals surface area contributed by atoms with Crippen LogP contribution in [-0.4, -0.2) is 45.9 Å². The molecule has 2 aromatic rings. The molecule has 0 spiro atoms. The number of rotatable bonds is 6. The van der Waals surface area contributed by atoms with E-state index in [0.29, 0.717) is 32.0 Å². The number of pyridine rings is 1. The first-order chi connectivity index (χ1) is 14.7. The number of likely N-dealkylation sites (tertiary alicyclic amines) is 1. The van der Waals surface area contributed by atoms with Crippen molar-refractivity contribution in [3.63, 3.8) is 0 Å². The largest absolute Gasteiger partial charge is 0.338 e. The van der Waals surface area contributed by atoms with Crippen molar-refractivity contribution in [1.29, 1.82) is 0 Å². The van der Waals surface area contributed by atoms with E-state index in [1.807, 2.05) is 53.4 Å². The summed E-state index contributed by atoms with van der Waals surface area (Å²) < 4.78 is 0. The topological polar surface area (TPSA) is 65.5 Å². The summed E-state index contributed by atoms with van der Waals surface area (Å²) in [7, 11) is 0. The molecule has 2 fully saturated rings. The molecule has 0 unspecified atom stereocenters. The van der Waals surface area contributed by atoms with Gasteiger partial charge in [-0.05, 0) is 43.0 Å². The predicted molar refractivity (Wildman–Crippen MR) is 117 cm³/mol. The standard InChI is InChI=1S/C24H30N4O2/c29-23(15-19-9-3-1-4-10-19)27-17-22(18-27)28(16-21-13-7-8-14-25-21)24(30)26-20-11-5-2-6-12-20/h2,5-8,11-14,19,22H,1,3-4,9-10,15-18H2,(H,26,30).